The molecule has 2 aromatic carbocycles. The zero-order valence-corrected chi connectivity index (χ0v) is 20.9. The van der Waals surface area contributed by atoms with Crippen molar-refractivity contribution in [2.75, 3.05) is 39.4 Å². The zero-order valence-electron chi connectivity index (χ0n) is 20.1. The van der Waals surface area contributed by atoms with Crippen molar-refractivity contribution in [3.8, 4) is 11.1 Å². The minimum absolute atomic E-state index is 0.380. The largest absolute Gasteiger partial charge is 0.381 e. The Hall–Kier alpha value is -1.73. The van der Waals surface area contributed by atoms with Crippen molar-refractivity contribution in [3.05, 3.63) is 54.1 Å². The van der Waals surface area contributed by atoms with Gasteiger partial charge in [0, 0.05) is 38.9 Å². The van der Waals surface area contributed by atoms with Crippen LogP contribution in [0.2, 0.25) is 0 Å². The molecule has 33 heavy (non-hydrogen) atoms. The lowest BCUT2D eigenvalue weighted by Gasteiger charge is -2.31. The van der Waals surface area contributed by atoms with E-state index in [2.05, 4.69) is 36.1 Å². The maximum atomic E-state index is 13.1. The highest BCUT2D eigenvalue weighted by molar-refractivity contribution is 7.89. The fourth-order valence-corrected chi connectivity index (χ4v) is 6.50. The van der Waals surface area contributed by atoms with E-state index in [1.165, 1.54) is 24.9 Å². The fourth-order valence-electron chi connectivity index (χ4n) is 5.03. The van der Waals surface area contributed by atoms with Gasteiger partial charge >= 0.3 is 0 Å². The molecule has 0 aliphatic carbocycles. The average Bonchev–Trinajstić information content (AvgIpc) is 3.26. The van der Waals surface area contributed by atoms with Crippen LogP contribution >= 0.6 is 0 Å². The number of nitrogens with zero attached hydrogens (tertiary/aromatic N) is 2. The molecule has 0 radical (unpaired) electrons. The SMILES string of the molecule is CCOCC1CCN(S(=O)(=O)c2ccc(-c3ccc(CCN4CCCC4C)cc3)cc2)CC1. The Balaban J connectivity index is 1.34. The molecule has 2 aliphatic rings. The predicted octanol–water partition coefficient (Wildman–Crippen LogP) is 4.82. The summed E-state index contributed by atoms with van der Waals surface area (Å²) in [6.07, 6.45) is 5.43. The molecule has 2 fully saturated rings. The number of benzene rings is 2. The third kappa shape index (κ3) is 6.04. The molecule has 180 valence electrons. The normalized spacial score (nSPS) is 21.0. The summed E-state index contributed by atoms with van der Waals surface area (Å²) in [6, 6.07) is 16.8. The summed E-state index contributed by atoms with van der Waals surface area (Å²) in [5.41, 5.74) is 3.52. The van der Waals surface area contributed by atoms with Gasteiger partial charge in [-0.05, 0) is 87.2 Å². The standard InChI is InChI=1S/C27H38N2O3S/c1-3-32-21-24-15-19-29(20-16-24)33(30,31)27-12-10-26(11-13-27)25-8-6-23(7-9-25)14-18-28-17-4-5-22(28)2/h6-13,22,24H,3-5,14-21H2,1-2H3. The van der Waals surface area contributed by atoms with Crippen LogP contribution < -0.4 is 0 Å². The van der Waals surface area contributed by atoms with Crippen molar-refractivity contribution in [1.29, 1.82) is 0 Å². The van der Waals surface area contributed by atoms with Crippen LogP contribution in [0, 0.1) is 5.92 Å². The number of hydrogen-bond acceptors (Lipinski definition) is 4. The fraction of sp³-hybridized carbons (Fsp3) is 0.556. The Bertz CT molecular complexity index is 981. The summed E-state index contributed by atoms with van der Waals surface area (Å²) in [5, 5.41) is 0. The van der Waals surface area contributed by atoms with E-state index in [-0.39, 0.29) is 0 Å². The topological polar surface area (TPSA) is 49.9 Å². The molecule has 0 amide bonds. The number of hydrogen-bond donors (Lipinski definition) is 0. The second-order valence-corrected chi connectivity index (χ2v) is 11.4. The molecule has 5 nitrogen and oxygen atoms in total. The lowest BCUT2D eigenvalue weighted by Crippen LogP contribution is -2.39. The van der Waals surface area contributed by atoms with Crippen molar-refractivity contribution in [3.63, 3.8) is 0 Å². The van der Waals surface area contributed by atoms with Gasteiger partial charge in [0.2, 0.25) is 10.0 Å². The van der Waals surface area contributed by atoms with Crippen LogP contribution in [0.25, 0.3) is 11.1 Å². The summed E-state index contributed by atoms with van der Waals surface area (Å²) < 4.78 is 33.3. The summed E-state index contributed by atoms with van der Waals surface area (Å²) in [5.74, 6) is 0.459. The lowest BCUT2D eigenvalue weighted by atomic mass is 9.99. The molecular weight excluding hydrogens is 432 g/mol. The van der Waals surface area contributed by atoms with Gasteiger partial charge in [0.1, 0.15) is 0 Å². The quantitative estimate of drug-likeness (QED) is 0.527. The summed E-state index contributed by atoms with van der Waals surface area (Å²) in [7, 11) is -3.44. The highest BCUT2D eigenvalue weighted by Gasteiger charge is 2.29. The Morgan fingerprint density at radius 3 is 2.12 bits per heavy atom. The molecule has 6 heteroatoms. The van der Waals surface area contributed by atoms with E-state index in [1.54, 1.807) is 16.4 Å². The second-order valence-electron chi connectivity index (χ2n) is 9.51. The molecular formula is C27H38N2O3S. The Kier molecular flexibility index (Phi) is 8.23. The van der Waals surface area contributed by atoms with Crippen molar-refractivity contribution < 1.29 is 13.2 Å². The monoisotopic (exact) mass is 470 g/mol. The second kappa shape index (κ2) is 11.1. The number of ether oxygens (including phenoxy) is 1. The first-order chi connectivity index (χ1) is 16.0. The molecule has 2 aliphatic heterocycles. The molecule has 2 heterocycles. The van der Waals surface area contributed by atoms with Gasteiger partial charge in [0.25, 0.3) is 0 Å². The van der Waals surface area contributed by atoms with Gasteiger partial charge in [-0.25, -0.2) is 8.42 Å². The van der Waals surface area contributed by atoms with Gasteiger partial charge in [0.15, 0.2) is 0 Å². The molecule has 0 bridgehead atoms. The lowest BCUT2D eigenvalue weighted by molar-refractivity contribution is 0.0883. The van der Waals surface area contributed by atoms with Crippen molar-refractivity contribution in [2.24, 2.45) is 5.92 Å². The predicted molar refractivity (Wildman–Crippen MR) is 134 cm³/mol. The van der Waals surface area contributed by atoms with Crippen molar-refractivity contribution in [2.45, 2.75) is 56.9 Å². The number of likely N-dealkylation sites (tertiary alicyclic amines) is 1. The number of sulfonamides is 1. The number of piperidine rings is 1. The van der Waals surface area contributed by atoms with E-state index in [4.69, 9.17) is 4.74 Å². The molecule has 1 unspecified atom stereocenters. The van der Waals surface area contributed by atoms with Gasteiger partial charge < -0.3 is 9.64 Å². The minimum atomic E-state index is -3.44. The first kappa shape index (κ1) is 24.4. The Morgan fingerprint density at radius 1 is 0.909 bits per heavy atom. The zero-order chi connectivity index (χ0) is 23.3. The van der Waals surface area contributed by atoms with E-state index >= 15 is 0 Å². The van der Waals surface area contributed by atoms with Crippen LogP contribution in [0.4, 0.5) is 0 Å². The van der Waals surface area contributed by atoms with Crippen LogP contribution in [-0.2, 0) is 21.2 Å². The minimum Gasteiger partial charge on any atom is -0.381 e. The Morgan fingerprint density at radius 2 is 1.55 bits per heavy atom. The van der Waals surface area contributed by atoms with Crippen molar-refractivity contribution >= 4 is 10.0 Å². The van der Waals surface area contributed by atoms with Crippen LogP contribution in [0.3, 0.4) is 0 Å². The van der Waals surface area contributed by atoms with Crippen LogP contribution in [0.5, 0.6) is 0 Å². The molecule has 4 rings (SSSR count). The molecule has 0 N–H and O–H groups in total. The molecule has 2 aromatic rings. The van der Waals surface area contributed by atoms with Gasteiger partial charge in [-0.2, -0.15) is 4.31 Å². The van der Waals surface area contributed by atoms with E-state index in [1.807, 2.05) is 19.1 Å². The smallest absolute Gasteiger partial charge is 0.243 e. The molecule has 0 saturated carbocycles. The summed E-state index contributed by atoms with van der Waals surface area (Å²) in [4.78, 5) is 2.96. The summed E-state index contributed by atoms with van der Waals surface area (Å²) >= 11 is 0. The highest BCUT2D eigenvalue weighted by Crippen LogP contribution is 2.27. The van der Waals surface area contributed by atoms with Crippen LogP contribution in [0.15, 0.2) is 53.4 Å². The van der Waals surface area contributed by atoms with Crippen LogP contribution in [-0.4, -0.2) is 63.1 Å². The van der Waals surface area contributed by atoms with Gasteiger partial charge in [0.05, 0.1) is 4.90 Å². The van der Waals surface area contributed by atoms with Crippen molar-refractivity contribution in [1.82, 2.24) is 9.21 Å². The third-order valence-corrected chi connectivity index (χ3v) is 9.20. The molecule has 2 saturated heterocycles. The molecule has 1 atom stereocenters. The molecule has 0 aromatic heterocycles. The first-order valence-electron chi connectivity index (χ1n) is 12.5. The highest BCUT2D eigenvalue weighted by atomic mass is 32.2. The summed E-state index contributed by atoms with van der Waals surface area (Å²) in [6.45, 7) is 9.24. The van der Waals surface area contributed by atoms with E-state index < -0.39 is 10.0 Å². The van der Waals surface area contributed by atoms with E-state index in [0.717, 1.165) is 43.5 Å². The maximum absolute atomic E-state index is 13.1. The van der Waals surface area contributed by atoms with Crippen LogP contribution in [0.1, 0.15) is 45.1 Å². The van der Waals surface area contributed by atoms with Gasteiger partial charge in [-0.15, -0.1) is 0 Å². The Labute approximate surface area is 199 Å². The van der Waals surface area contributed by atoms with E-state index in [9.17, 15) is 8.42 Å². The van der Waals surface area contributed by atoms with E-state index in [0.29, 0.717) is 36.6 Å². The van der Waals surface area contributed by atoms with Gasteiger partial charge in [-0.1, -0.05) is 36.4 Å². The number of rotatable bonds is 9. The van der Waals surface area contributed by atoms with Gasteiger partial charge in [-0.3, -0.25) is 0 Å². The maximum Gasteiger partial charge on any atom is 0.243 e. The third-order valence-electron chi connectivity index (χ3n) is 7.29. The average molecular weight is 471 g/mol. The molecule has 0 spiro atoms. The first-order valence-corrected chi connectivity index (χ1v) is 13.9.